The molecule has 1 heterocycles. The van der Waals surface area contributed by atoms with Crippen LogP contribution in [0.3, 0.4) is 0 Å². The van der Waals surface area contributed by atoms with Crippen molar-refractivity contribution in [3.05, 3.63) is 53.7 Å². The molecule has 2 aromatic rings. The lowest BCUT2D eigenvalue weighted by atomic mass is 9.96. The van der Waals surface area contributed by atoms with E-state index in [2.05, 4.69) is 30.6 Å². The molecule has 2 rings (SSSR count). The molecule has 98 valence electrons. The van der Waals surface area contributed by atoms with Crippen molar-refractivity contribution < 1.29 is 4.74 Å². The van der Waals surface area contributed by atoms with E-state index >= 15 is 0 Å². The molecule has 0 amide bonds. The highest BCUT2D eigenvalue weighted by molar-refractivity contribution is 6.29. The number of rotatable bonds is 4. The summed E-state index contributed by atoms with van der Waals surface area (Å²) in [5.41, 5.74) is 2.01. The normalized spacial score (nSPS) is 10.5. The van der Waals surface area contributed by atoms with Gasteiger partial charge in [-0.2, -0.15) is 0 Å². The molecule has 0 atom stereocenters. The summed E-state index contributed by atoms with van der Waals surface area (Å²) in [5.74, 6) is 1.48. The first-order valence-electron chi connectivity index (χ1n) is 6.03. The van der Waals surface area contributed by atoms with E-state index in [-0.39, 0.29) is 0 Å². The molecule has 0 aliphatic rings. The van der Waals surface area contributed by atoms with Crippen molar-refractivity contribution in [2.24, 2.45) is 5.92 Å². The highest BCUT2D eigenvalue weighted by Crippen LogP contribution is 2.32. The van der Waals surface area contributed by atoms with Gasteiger partial charge in [0.1, 0.15) is 5.75 Å². The summed E-state index contributed by atoms with van der Waals surface area (Å²) >= 11 is 5.69. The molecule has 3 nitrogen and oxygen atoms in total. The van der Waals surface area contributed by atoms with Crippen molar-refractivity contribution in [1.82, 2.24) is 10.2 Å². The molecule has 0 fully saturated rings. The standard InChI is InChI=1S/C15H15ClN2O/c1-10(2)11(3)12-6-4-5-7-13(12)19-15-9-8-14(16)17-18-15/h4-10H,3H2,1-2H3. The zero-order chi connectivity index (χ0) is 13.8. The maximum absolute atomic E-state index is 5.74. The van der Waals surface area contributed by atoms with E-state index in [4.69, 9.17) is 16.3 Å². The van der Waals surface area contributed by atoms with Crippen molar-refractivity contribution in [1.29, 1.82) is 0 Å². The van der Waals surface area contributed by atoms with Crippen LogP contribution in [0.25, 0.3) is 5.57 Å². The van der Waals surface area contributed by atoms with Crippen molar-refractivity contribution in [3.8, 4) is 11.6 Å². The van der Waals surface area contributed by atoms with Crippen LogP contribution in [-0.4, -0.2) is 10.2 Å². The van der Waals surface area contributed by atoms with Gasteiger partial charge in [0, 0.05) is 11.6 Å². The van der Waals surface area contributed by atoms with E-state index in [9.17, 15) is 0 Å². The molecule has 0 saturated carbocycles. The lowest BCUT2D eigenvalue weighted by Crippen LogP contribution is -1.97. The van der Waals surface area contributed by atoms with Gasteiger partial charge in [-0.05, 0) is 23.6 Å². The highest BCUT2D eigenvalue weighted by atomic mass is 35.5. The first-order valence-corrected chi connectivity index (χ1v) is 6.41. The predicted octanol–water partition coefficient (Wildman–Crippen LogP) is 4.59. The minimum absolute atomic E-state index is 0.340. The van der Waals surface area contributed by atoms with Crippen LogP contribution in [0.4, 0.5) is 0 Å². The summed E-state index contributed by atoms with van der Waals surface area (Å²) in [6.07, 6.45) is 0. The van der Waals surface area contributed by atoms with E-state index in [0.29, 0.717) is 17.0 Å². The number of benzene rings is 1. The summed E-state index contributed by atoms with van der Waals surface area (Å²) in [5, 5.41) is 7.98. The topological polar surface area (TPSA) is 35.0 Å². The minimum Gasteiger partial charge on any atom is -0.437 e. The van der Waals surface area contributed by atoms with Crippen molar-refractivity contribution >= 4 is 17.2 Å². The number of hydrogen-bond donors (Lipinski definition) is 0. The fourth-order valence-corrected chi connectivity index (χ4v) is 1.70. The molecule has 19 heavy (non-hydrogen) atoms. The number of allylic oxidation sites excluding steroid dienone is 1. The molecular formula is C15H15ClN2O. The number of nitrogens with zero attached hydrogens (tertiary/aromatic N) is 2. The van der Waals surface area contributed by atoms with Crippen molar-refractivity contribution in [2.75, 3.05) is 0 Å². The van der Waals surface area contributed by atoms with Crippen molar-refractivity contribution in [3.63, 3.8) is 0 Å². The Balaban J connectivity index is 2.30. The Bertz CT molecular complexity index is 579. The van der Waals surface area contributed by atoms with Gasteiger partial charge >= 0.3 is 0 Å². The fraction of sp³-hybridized carbons (Fsp3) is 0.200. The third-order valence-corrected chi connectivity index (χ3v) is 2.95. The SMILES string of the molecule is C=C(c1ccccc1Oc1ccc(Cl)nn1)C(C)C. The van der Waals surface area contributed by atoms with E-state index < -0.39 is 0 Å². The van der Waals surface area contributed by atoms with Gasteiger partial charge in [-0.25, -0.2) is 0 Å². The zero-order valence-electron chi connectivity index (χ0n) is 10.9. The Morgan fingerprint density at radius 2 is 1.89 bits per heavy atom. The summed E-state index contributed by atoms with van der Waals surface area (Å²) in [6.45, 7) is 8.30. The summed E-state index contributed by atoms with van der Waals surface area (Å²) in [6, 6.07) is 11.1. The second-order valence-corrected chi connectivity index (χ2v) is 4.86. The fourth-order valence-electron chi connectivity index (χ4n) is 1.60. The number of hydrogen-bond acceptors (Lipinski definition) is 3. The van der Waals surface area contributed by atoms with Gasteiger partial charge in [0.2, 0.25) is 5.88 Å². The molecule has 0 spiro atoms. The third-order valence-electron chi connectivity index (χ3n) is 2.75. The van der Waals surface area contributed by atoms with Gasteiger partial charge in [-0.15, -0.1) is 10.2 Å². The van der Waals surface area contributed by atoms with Crippen LogP contribution in [0.2, 0.25) is 5.15 Å². The molecule has 1 aromatic heterocycles. The summed E-state index contributed by atoms with van der Waals surface area (Å²) < 4.78 is 5.74. The van der Waals surface area contributed by atoms with E-state index in [1.54, 1.807) is 12.1 Å². The Kier molecular flexibility index (Phi) is 4.17. The molecular weight excluding hydrogens is 260 g/mol. The van der Waals surface area contributed by atoms with E-state index in [1.807, 2.05) is 24.3 Å². The van der Waals surface area contributed by atoms with Crippen LogP contribution in [0, 0.1) is 5.92 Å². The molecule has 0 bridgehead atoms. The Morgan fingerprint density at radius 3 is 2.53 bits per heavy atom. The number of ether oxygens (including phenoxy) is 1. The van der Waals surface area contributed by atoms with Crippen LogP contribution >= 0.6 is 11.6 Å². The maximum Gasteiger partial charge on any atom is 0.238 e. The largest absolute Gasteiger partial charge is 0.437 e. The summed E-state index contributed by atoms with van der Waals surface area (Å²) in [4.78, 5) is 0. The molecule has 1 aromatic carbocycles. The van der Waals surface area contributed by atoms with Crippen LogP contribution in [0.15, 0.2) is 43.0 Å². The molecule has 0 aliphatic carbocycles. The van der Waals surface area contributed by atoms with Crippen molar-refractivity contribution in [2.45, 2.75) is 13.8 Å². The minimum atomic E-state index is 0.340. The van der Waals surface area contributed by atoms with Gasteiger partial charge in [0.25, 0.3) is 0 Å². The number of aromatic nitrogens is 2. The number of halogens is 1. The molecule has 0 aliphatic heterocycles. The quantitative estimate of drug-likeness (QED) is 0.818. The highest BCUT2D eigenvalue weighted by Gasteiger charge is 2.11. The lowest BCUT2D eigenvalue weighted by Gasteiger charge is -2.14. The third kappa shape index (κ3) is 3.32. The molecule has 0 radical (unpaired) electrons. The lowest BCUT2D eigenvalue weighted by molar-refractivity contribution is 0.453. The maximum atomic E-state index is 5.74. The van der Waals surface area contributed by atoms with Gasteiger partial charge in [-0.1, -0.05) is 50.2 Å². The van der Waals surface area contributed by atoms with Gasteiger partial charge in [0.15, 0.2) is 5.15 Å². The Morgan fingerprint density at radius 1 is 1.16 bits per heavy atom. The Labute approximate surface area is 117 Å². The second kappa shape index (κ2) is 5.85. The summed E-state index contributed by atoms with van der Waals surface area (Å²) in [7, 11) is 0. The average Bonchev–Trinajstić information content (AvgIpc) is 2.41. The van der Waals surface area contributed by atoms with E-state index in [0.717, 1.165) is 16.9 Å². The predicted molar refractivity (Wildman–Crippen MR) is 77.4 cm³/mol. The zero-order valence-corrected chi connectivity index (χ0v) is 11.7. The molecule has 0 N–H and O–H groups in total. The second-order valence-electron chi connectivity index (χ2n) is 4.47. The average molecular weight is 275 g/mol. The van der Waals surface area contributed by atoms with Gasteiger partial charge in [-0.3, -0.25) is 0 Å². The smallest absolute Gasteiger partial charge is 0.238 e. The van der Waals surface area contributed by atoms with Gasteiger partial charge in [0.05, 0.1) is 0 Å². The van der Waals surface area contributed by atoms with Crippen LogP contribution in [-0.2, 0) is 0 Å². The Hall–Kier alpha value is -1.87. The molecule has 0 unspecified atom stereocenters. The van der Waals surface area contributed by atoms with Crippen LogP contribution in [0.1, 0.15) is 19.4 Å². The van der Waals surface area contributed by atoms with Crippen LogP contribution in [0.5, 0.6) is 11.6 Å². The monoisotopic (exact) mass is 274 g/mol. The van der Waals surface area contributed by atoms with Crippen LogP contribution < -0.4 is 4.74 Å². The number of para-hydroxylation sites is 1. The first kappa shape index (κ1) is 13.6. The molecule has 0 saturated heterocycles. The van der Waals surface area contributed by atoms with E-state index in [1.165, 1.54) is 0 Å². The molecule has 4 heteroatoms. The first-order chi connectivity index (χ1) is 9.08. The van der Waals surface area contributed by atoms with Gasteiger partial charge < -0.3 is 4.74 Å².